The molecule has 2 rings (SSSR count). The average Bonchev–Trinajstić information content (AvgIpc) is 2.83. The molecule has 0 saturated heterocycles. The van der Waals surface area contributed by atoms with Crippen LogP contribution in [0.1, 0.15) is 31.0 Å². The van der Waals surface area contributed by atoms with Gasteiger partial charge in [0.05, 0.1) is 12.2 Å². The average molecular weight is 248 g/mol. The van der Waals surface area contributed by atoms with Crippen LogP contribution in [0.5, 0.6) is 0 Å². The van der Waals surface area contributed by atoms with Crippen molar-refractivity contribution in [2.75, 3.05) is 11.9 Å². The highest BCUT2D eigenvalue weighted by Crippen LogP contribution is 2.12. The molecule has 0 unspecified atom stereocenters. The van der Waals surface area contributed by atoms with Crippen molar-refractivity contribution in [3.8, 4) is 0 Å². The van der Waals surface area contributed by atoms with Crippen molar-refractivity contribution in [2.24, 2.45) is 5.92 Å². The predicted molar refractivity (Wildman–Crippen MR) is 70.6 cm³/mol. The molecule has 98 valence electrons. The Kier molecular flexibility index (Phi) is 3.69. The zero-order valence-electron chi connectivity index (χ0n) is 11.4. The molecule has 2 aromatic heterocycles. The van der Waals surface area contributed by atoms with Gasteiger partial charge in [0.1, 0.15) is 11.5 Å². The molecule has 2 heterocycles. The van der Waals surface area contributed by atoms with Crippen molar-refractivity contribution < 1.29 is 4.52 Å². The van der Waals surface area contributed by atoms with E-state index in [9.17, 15) is 0 Å². The van der Waals surface area contributed by atoms with E-state index >= 15 is 0 Å². The molecular weight excluding hydrogens is 228 g/mol. The number of nitrogens with one attached hydrogen (secondary N) is 1. The summed E-state index contributed by atoms with van der Waals surface area (Å²) in [4.78, 5) is 4.48. The van der Waals surface area contributed by atoms with Crippen molar-refractivity contribution in [3.63, 3.8) is 0 Å². The molecule has 2 aromatic rings. The van der Waals surface area contributed by atoms with Crippen LogP contribution < -0.4 is 5.32 Å². The van der Waals surface area contributed by atoms with E-state index in [0.717, 1.165) is 29.6 Å². The molecule has 5 nitrogen and oxygen atoms in total. The zero-order valence-corrected chi connectivity index (χ0v) is 11.4. The lowest BCUT2D eigenvalue weighted by atomic mass is 10.2. The monoisotopic (exact) mass is 248 g/mol. The maximum atomic E-state index is 5.08. The van der Waals surface area contributed by atoms with Crippen LogP contribution >= 0.6 is 0 Å². The van der Waals surface area contributed by atoms with Crippen molar-refractivity contribution >= 4 is 5.95 Å². The molecule has 0 bridgehead atoms. The summed E-state index contributed by atoms with van der Waals surface area (Å²) in [6, 6.07) is 1.95. The number of rotatable bonds is 5. The number of nitrogens with zero attached hydrogens (tertiary/aromatic N) is 3. The minimum atomic E-state index is 0.588. The molecule has 0 aliphatic carbocycles. The van der Waals surface area contributed by atoms with Gasteiger partial charge in [0.15, 0.2) is 0 Å². The molecule has 0 radical (unpaired) electrons. The van der Waals surface area contributed by atoms with Crippen LogP contribution in [0.2, 0.25) is 0 Å². The highest BCUT2D eigenvalue weighted by molar-refractivity contribution is 5.29. The number of imidazole rings is 1. The summed E-state index contributed by atoms with van der Waals surface area (Å²) in [6.07, 6.45) is 2.02. The molecule has 5 heteroatoms. The topological polar surface area (TPSA) is 55.9 Å². The van der Waals surface area contributed by atoms with Gasteiger partial charge >= 0.3 is 0 Å². The molecule has 0 spiro atoms. The summed E-state index contributed by atoms with van der Waals surface area (Å²) in [5.74, 6) is 2.31. The van der Waals surface area contributed by atoms with Gasteiger partial charge in [-0.2, -0.15) is 0 Å². The van der Waals surface area contributed by atoms with E-state index in [-0.39, 0.29) is 0 Å². The Balaban J connectivity index is 2.11. The van der Waals surface area contributed by atoms with Crippen LogP contribution in [0.15, 0.2) is 16.8 Å². The highest BCUT2D eigenvalue weighted by atomic mass is 16.5. The summed E-state index contributed by atoms with van der Waals surface area (Å²) in [5.41, 5.74) is 1.92. The molecule has 0 aromatic carbocycles. The van der Waals surface area contributed by atoms with Gasteiger partial charge in [0.2, 0.25) is 5.95 Å². The third-order valence-corrected chi connectivity index (χ3v) is 2.57. The smallest absolute Gasteiger partial charge is 0.203 e. The second kappa shape index (κ2) is 5.25. The first-order chi connectivity index (χ1) is 8.54. The lowest BCUT2D eigenvalue weighted by Crippen LogP contribution is -2.13. The first-order valence-corrected chi connectivity index (χ1v) is 6.24. The Bertz CT molecular complexity index is 513. The van der Waals surface area contributed by atoms with Crippen LogP contribution in [0.3, 0.4) is 0 Å². The minimum Gasteiger partial charge on any atom is -0.361 e. The fourth-order valence-corrected chi connectivity index (χ4v) is 1.77. The molecule has 0 atom stereocenters. The van der Waals surface area contributed by atoms with Crippen molar-refractivity contribution in [1.29, 1.82) is 0 Å². The lowest BCUT2D eigenvalue weighted by molar-refractivity contribution is 0.389. The van der Waals surface area contributed by atoms with Crippen LogP contribution in [0.25, 0.3) is 0 Å². The summed E-state index contributed by atoms with van der Waals surface area (Å²) < 4.78 is 7.14. The molecule has 18 heavy (non-hydrogen) atoms. The van der Waals surface area contributed by atoms with Crippen LogP contribution in [0, 0.1) is 19.8 Å². The molecule has 0 amide bonds. The van der Waals surface area contributed by atoms with Gasteiger partial charge < -0.3 is 14.4 Å². The SMILES string of the molecule is Cc1cn(Cc2cc(C)on2)c(NCC(C)C)n1. The Labute approximate surface area is 107 Å². The van der Waals surface area contributed by atoms with E-state index < -0.39 is 0 Å². The molecule has 0 aliphatic rings. The lowest BCUT2D eigenvalue weighted by Gasteiger charge is -2.10. The van der Waals surface area contributed by atoms with Crippen LogP contribution in [-0.2, 0) is 6.54 Å². The number of hydrogen-bond acceptors (Lipinski definition) is 4. The Morgan fingerprint density at radius 2 is 2.17 bits per heavy atom. The largest absolute Gasteiger partial charge is 0.361 e. The molecule has 1 N–H and O–H groups in total. The fraction of sp³-hybridized carbons (Fsp3) is 0.538. The first-order valence-electron chi connectivity index (χ1n) is 6.24. The third-order valence-electron chi connectivity index (χ3n) is 2.57. The van der Waals surface area contributed by atoms with Gasteiger partial charge in [-0.25, -0.2) is 4.98 Å². The number of anilines is 1. The predicted octanol–water partition coefficient (Wildman–Crippen LogP) is 2.60. The van der Waals surface area contributed by atoms with E-state index in [2.05, 4.69) is 33.9 Å². The minimum absolute atomic E-state index is 0.588. The maximum absolute atomic E-state index is 5.08. The first kappa shape index (κ1) is 12.7. The summed E-state index contributed by atoms with van der Waals surface area (Å²) in [5, 5.41) is 7.36. The zero-order chi connectivity index (χ0) is 13.1. The van der Waals surface area contributed by atoms with Gasteiger partial charge in [-0.3, -0.25) is 0 Å². The van der Waals surface area contributed by atoms with E-state index in [1.165, 1.54) is 0 Å². The Morgan fingerprint density at radius 1 is 1.39 bits per heavy atom. The normalized spacial score (nSPS) is 11.2. The van der Waals surface area contributed by atoms with Gasteiger partial charge in [-0.15, -0.1) is 0 Å². The standard InChI is InChI=1S/C13H20N4O/c1-9(2)6-14-13-15-10(3)7-17(13)8-12-5-11(4)18-16-12/h5,7,9H,6,8H2,1-4H3,(H,14,15). The molecule has 0 saturated carbocycles. The van der Waals surface area contributed by atoms with Crippen molar-refractivity contribution in [3.05, 3.63) is 29.4 Å². The highest BCUT2D eigenvalue weighted by Gasteiger charge is 2.08. The van der Waals surface area contributed by atoms with Gasteiger partial charge in [-0.1, -0.05) is 19.0 Å². The van der Waals surface area contributed by atoms with E-state index in [1.54, 1.807) is 0 Å². The molecule has 0 aliphatic heterocycles. The summed E-state index contributed by atoms with van der Waals surface area (Å²) in [7, 11) is 0. The number of aromatic nitrogens is 3. The Hall–Kier alpha value is -1.78. The van der Waals surface area contributed by atoms with Gasteiger partial charge in [0.25, 0.3) is 0 Å². The number of aryl methyl sites for hydroxylation is 2. The fourth-order valence-electron chi connectivity index (χ4n) is 1.77. The summed E-state index contributed by atoms with van der Waals surface area (Å²) >= 11 is 0. The second-order valence-corrected chi connectivity index (χ2v) is 5.04. The summed E-state index contributed by atoms with van der Waals surface area (Å²) in [6.45, 7) is 9.83. The van der Waals surface area contributed by atoms with Crippen LogP contribution in [0.4, 0.5) is 5.95 Å². The van der Waals surface area contributed by atoms with Gasteiger partial charge in [0, 0.05) is 18.8 Å². The molecular formula is C13H20N4O. The van der Waals surface area contributed by atoms with Crippen molar-refractivity contribution in [1.82, 2.24) is 14.7 Å². The van der Waals surface area contributed by atoms with E-state index in [0.29, 0.717) is 12.5 Å². The number of hydrogen-bond donors (Lipinski definition) is 1. The maximum Gasteiger partial charge on any atom is 0.203 e. The Morgan fingerprint density at radius 3 is 2.78 bits per heavy atom. The van der Waals surface area contributed by atoms with E-state index in [4.69, 9.17) is 4.52 Å². The van der Waals surface area contributed by atoms with Crippen LogP contribution in [-0.4, -0.2) is 21.3 Å². The quantitative estimate of drug-likeness (QED) is 0.883. The third kappa shape index (κ3) is 3.12. The van der Waals surface area contributed by atoms with Gasteiger partial charge in [-0.05, 0) is 19.8 Å². The molecule has 0 fully saturated rings. The second-order valence-electron chi connectivity index (χ2n) is 5.04. The van der Waals surface area contributed by atoms with Crippen molar-refractivity contribution in [2.45, 2.75) is 34.2 Å². The van der Waals surface area contributed by atoms with E-state index in [1.807, 2.05) is 26.1 Å².